The quantitative estimate of drug-likeness (QED) is 0.128. The van der Waals surface area contributed by atoms with Crippen LogP contribution in [0, 0.1) is 0 Å². The molecule has 0 saturated carbocycles. The number of furan rings is 1. The highest BCUT2D eigenvalue weighted by Gasteiger charge is 2.17. The van der Waals surface area contributed by atoms with Gasteiger partial charge in [-0.3, -0.25) is 0 Å². The second-order valence-electron chi connectivity index (χ2n) is 13.9. The van der Waals surface area contributed by atoms with Crippen LogP contribution in [-0.2, 0) is 0 Å². The Morgan fingerprint density at radius 2 is 1.28 bits per heavy atom. The Bertz CT molecular complexity index is 3110. The summed E-state index contributed by atoms with van der Waals surface area (Å²) >= 11 is 1.85. The van der Waals surface area contributed by atoms with E-state index in [1.807, 2.05) is 11.3 Å². The number of fused-ring (bicyclic) bond motifs is 11. The molecule has 0 N–H and O–H groups in total. The summed E-state index contributed by atoms with van der Waals surface area (Å²) in [6, 6.07) is 41.7. The molecule has 0 amide bonds. The van der Waals surface area contributed by atoms with Crippen molar-refractivity contribution in [3.63, 3.8) is 0 Å². The normalized spacial score (nSPS) is 16.7. The predicted molar refractivity (Wildman–Crippen MR) is 237 cm³/mol. The molecule has 0 saturated heterocycles. The van der Waals surface area contributed by atoms with E-state index in [-0.39, 0.29) is 0 Å². The summed E-state index contributed by atoms with van der Waals surface area (Å²) in [4.78, 5) is 0. The van der Waals surface area contributed by atoms with Crippen molar-refractivity contribution in [1.29, 1.82) is 0 Å². The molecule has 1 nitrogen and oxygen atoms in total. The lowest BCUT2D eigenvalue weighted by molar-refractivity contribution is 0.672. The number of allylic oxidation sites excluding steroid dienone is 12. The molecule has 54 heavy (non-hydrogen) atoms. The number of hydrogen-bond donors (Lipinski definition) is 0. The number of hydrogen-bond acceptors (Lipinski definition) is 2. The largest absolute Gasteiger partial charge is 0.455 e. The van der Waals surface area contributed by atoms with Crippen LogP contribution in [-0.4, -0.2) is 0 Å². The SMILES string of the molecule is C=C(/C=C\C=C\c1ccc2oc3c(ccc4c3ccc3sc5ccccc5c34)c2c1)c1c2ccccc2c(/C2=C/C=C\C/C=C\C=C/C2)c2ccccc12. The average molecular weight is 709 g/mol. The molecular weight excluding hydrogens is 673 g/mol. The Morgan fingerprint density at radius 3 is 2.11 bits per heavy atom. The van der Waals surface area contributed by atoms with E-state index in [1.54, 1.807) is 0 Å². The maximum atomic E-state index is 6.54. The molecule has 2 heteroatoms. The third-order valence-corrected chi connectivity index (χ3v) is 11.8. The van der Waals surface area contributed by atoms with Crippen molar-refractivity contribution in [3.05, 3.63) is 199 Å². The Kier molecular flexibility index (Phi) is 8.04. The monoisotopic (exact) mass is 708 g/mol. The van der Waals surface area contributed by atoms with Crippen LogP contribution in [0.3, 0.4) is 0 Å². The zero-order chi connectivity index (χ0) is 36.0. The zero-order valence-corrected chi connectivity index (χ0v) is 30.6. The fraction of sp³-hybridized carbons (Fsp3) is 0.0385. The highest BCUT2D eigenvalue weighted by atomic mass is 32.1. The maximum Gasteiger partial charge on any atom is 0.143 e. The van der Waals surface area contributed by atoms with Crippen molar-refractivity contribution < 1.29 is 4.42 Å². The van der Waals surface area contributed by atoms with Crippen LogP contribution in [0.1, 0.15) is 29.5 Å². The summed E-state index contributed by atoms with van der Waals surface area (Å²) in [5.74, 6) is 0. The molecule has 0 radical (unpaired) electrons. The summed E-state index contributed by atoms with van der Waals surface area (Å²) in [5.41, 5.74) is 7.74. The van der Waals surface area contributed by atoms with Crippen LogP contribution in [0.5, 0.6) is 0 Å². The van der Waals surface area contributed by atoms with Gasteiger partial charge in [-0.2, -0.15) is 0 Å². The minimum absolute atomic E-state index is 0.862. The Morgan fingerprint density at radius 1 is 0.593 bits per heavy atom. The van der Waals surface area contributed by atoms with Crippen LogP contribution in [0.2, 0.25) is 0 Å². The second kappa shape index (κ2) is 13.5. The highest BCUT2D eigenvalue weighted by molar-refractivity contribution is 7.26. The first-order chi connectivity index (χ1) is 26.7. The molecule has 0 fully saturated rings. The Labute approximate surface area is 318 Å². The van der Waals surface area contributed by atoms with Crippen LogP contribution < -0.4 is 0 Å². The first-order valence-electron chi connectivity index (χ1n) is 18.6. The van der Waals surface area contributed by atoms with Crippen molar-refractivity contribution in [2.24, 2.45) is 0 Å². The van der Waals surface area contributed by atoms with Crippen molar-refractivity contribution >= 4 is 103 Å². The van der Waals surface area contributed by atoms with E-state index in [0.29, 0.717) is 0 Å². The number of benzene rings is 7. The molecule has 0 atom stereocenters. The summed E-state index contributed by atoms with van der Waals surface area (Å²) in [6.45, 7) is 4.61. The third-order valence-electron chi connectivity index (χ3n) is 10.7. The van der Waals surface area contributed by atoms with E-state index in [0.717, 1.165) is 51.3 Å². The summed E-state index contributed by atoms with van der Waals surface area (Å²) in [6.07, 6.45) is 25.7. The summed E-state index contributed by atoms with van der Waals surface area (Å²) < 4.78 is 9.17. The molecule has 2 aromatic heterocycles. The van der Waals surface area contributed by atoms with Crippen molar-refractivity contribution in [2.75, 3.05) is 0 Å². The van der Waals surface area contributed by atoms with Gasteiger partial charge >= 0.3 is 0 Å². The van der Waals surface area contributed by atoms with Crippen LogP contribution >= 0.6 is 11.3 Å². The topological polar surface area (TPSA) is 13.1 Å². The van der Waals surface area contributed by atoms with Crippen LogP contribution in [0.4, 0.5) is 0 Å². The van der Waals surface area contributed by atoms with Crippen LogP contribution in [0.15, 0.2) is 187 Å². The number of thiophene rings is 1. The van der Waals surface area contributed by atoms with E-state index in [2.05, 4.69) is 189 Å². The van der Waals surface area contributed by atoms with Gasteiger partial charge in [-0.05, 0) is 104 Å². The van der Waals surface area contributed by atoms with E-state index < -0.39 is 0 Å². The molecule has 1 aliphatic rings. The van der Waals surface area contributed by atoms with Gasteiger partial charge in [0.15, 0.2) is 0 Å². The predicted octanol–water partition coefficient (Wildman–Crippen LogP) is 15.5. The van der Waals surface area contributed by atoms with Crippen molar-refractivity contribution in [1.82, 2.24) is 0 Å². The molecular formula is C52H36OS. The van der Waals surface area contributed by atoms with Gasteiger partial charge in [0.2, 0.25) is 0 Å². The van der Waals surface area contributed by atoms with Gasteiger partial charge in [-0.1, -0.05) is 152 Å². The molecule has 0 bridgehead atoms. The zero-order valence-electron chi connectivity index (χ0n) is 29.8. The Hall–Kier alpha value is -6.48. The lowest BCUT2D eigenvalue weighted by atomic mass is 9.85. The van der Waals surface area contributed by atoms with Gasteiger partial charge in [0.05, 0.1) is 0 Å². The second-order valence-corrected chi connectivity index (χ2v) is 15.0. The highest BCUT2D eigenvalue weighted by Crippen LogP contribution is 2.43. The molecule has 2 heterocycles. The van der Waals surface area contributed by atoms with Gasteiger partial charge in [0, 0.05) is 36.3 Å². The molecule has 0 unspecified atom stereocenters. The maximum absolute atomic E-state index is 6.54. The molecule has 9 aromatic rings. The third kappa shape index (κ3) is 5.46. The minimum atomic E-state index is 0.862. The fourth-order valence-electron chi connectivity index (χ4n) is 8.25. The standard InChI is InChI=1S/C52H36OS/c1-34(49-37-21-11-13-23-39(37)50(40-24-14-12-22-38(40)49)36-19-7-5-3-2-4-6-8-20-36)17-9-10-18-35-27-31-46-45(33-35)43-29-28-41-42(52(43)53-46)30-32-48-51(41)44-25-15-16-26-47(44)54-48/h2-3,5-18,20-33H,1,4,19H2/b3-2-,7-5-,8-6-,17-9-,18-10+,36-20+. The summed E-state index contributed by atoms with van der Waals surface area (Å²) in [5, 5.41) is 12.2. The van der Waals surface area contributed by atoms with E-state index >= 15 is 0 Å². The number of rotatable bonds is 5. The molecule has 10 rings (SSSR count). The van der Waals surface area contributed by atoms with Gasteiger partial charge < -0.3 is 4.42 Å². The average Bonchev–Trinajstić information content (AvgIpc) is 3.79. The fourth-order valence-corrected chi connectivity index (χ4v) is 9.37. The van der Waals surface area contributed by atoms with Gasteiger partial charge in [-0.15, -0.1) is 11.3 Å². The lowest BCUT2D eigenvalue weighted by Crippen LogP contribution is -1.95. The van der Waals surface area contributed by atoms with Crippen molar-refractivity contribution in [2.45, 2.75) is 12.8 Å². The molecule has 256 valence electrons. The summed E-state index contributed by atoms with van der Waals surface area (Å²) in [7, 11) is 0. The van der Waals surface area contributed by atoms with Crippen LogP contribution in [0.25, 0.3) is 91.7 Å². The lowest BCUT2D eigenvalue weighted by Gasteiger charge is -2.19. The smallest absolute Gasteiger partial charge is 0.143 e. The molecule has 7 aromatic carbocycles. The van der Waals surface area contributed by atoms with E-state index in [9.17, 15) is 0 Å². The Balaban J connectivity index is 0.993. The molecule has 0 aliphatic heterocycles. The van der Waals surface area contributed by atoms with Gasteiger partial charge in [-0.25, -0.2) is 0 Å². The van der Waals surface area contributed by atoms with Gasteiger partial charge in [0.25, 0.3) is 0 Å². The first-order valence-corrected chi connectivity index (χ1v) is 19.4. The van der Waals surface area contributed by atoms with E-state index in [1.165, 1.54) is 63.8 Å². The van der Waals surface area contributed by atoms with Crippen molar-refractivity contribution in [3.8, 4) is 0 Å². The molecule has 0 spiro atoms. The minimum Gasteiger partial charge on any atom is -0.455 e. The molecule has 1 aliphatic carbocycles. The van der Waals surface area contributed by atoms with E-state index in [4.69, 9.17) is 4.42 Å². The van der Waals surface area contributed by atoms with Gasteiger partial charge in [0.1, 0.15) is 11.2 Å². The first kappa shape index (κ1) is 32.2.